The SMILES string of the molecule is COc1ccccc1C1=N/C(=C\c2ccc(Br)c([N+](=O)[O-])c2)C(=O)O1. The summed E-state index contributed by atoms with van der Waals surface area (Å²) in [5.41, 5.74) is 0.961. The molecule has 0 aliphatic carbocycles. The van der Waals surface area contributed by atoms with Crippen molar-refractivity contribution < 1.29 is 19.2 Å². The van der Waals surface area contributed by atoms with Gasteiger partial charge < -0.3 is 9.47 Å². The molecule has 0 spiro atoms. The van der Waals surface area contributed by atoms with Gasteiger partial charge in [-0.3, -0.25) is 10.1 Å². The first-order valence-corrected chi connectivity index (χ1v) is 7.89. The van der Waals surface area contributed by atoms with Crippen molar-refractivity contribution in [1.82, 2.24) is 0 Å². The minimum atomic E-state index is -0.633. The number of halogens is 1. The smallest absolute Gasteiger partial charge is 0.363 e. The van der Waals surface area contributed by atoms with E-state index < -0.39 is 10.9 Å². The molecule has 0 unspecified atom stereocenters. The monoisotopic (exact) mass is 402 g/mol. The van der Waals surface area contributed by atoms with Crippen LogP contribution in [0.25, 0.3) is 6.08 Å². The van der Waals surface area contributed by atoms with Crippen molar-refractivity contribution in [3.8, 4) is 5.75 Å². The van der Waals surface area contributed by atoms with Crippen molar-refractivity contribution in [3.05, 3.63) is 73.9 Å². The third kappa shape index (κ3) is 3.43. The predicted octanol–water partition coefficient (Wildman–Crippen LogP) is 3.71. The summed E-state index contributed by atoms with van der Waals surface area (Å²) in [6.07, 6.45) is 1.43. The number of para-hydroxylation sites is 1. The maximum absolute atomic E-state index is 12.1. The van der Waals surface area contributed by atoms with E-state index >= 15 is 0 Å². The number of hydrogen-bond acceptors (Lipinski definition) is 6. The Balaban J connectivity index is 1.99. The number of aliphatic imine (C=N–C) groups is 1. The number of methoxy groups -OCH3 is 1. The molecule has 0 amide bonds. The van der Waals surface area contributed by atoms with Crippen LogP contribution in [0.3, 0.4) is 0 Å². The van der Waals surface area contributed by atoms with E-state index in [9.17, 15) is 14.9 Å². The summed E-state index contributed by atoms with van der Waals surface area (Å²) in [4.78, 5) is 26.7. The molecule has 8 heteroatoms. The molecule has 0 radical (unpaired) electrons. The normalized spacial score (nSPS) is 15.0. The molecule has 0 aromatic heterocycles. The lowest BCUT2D eigenvalue weighted by Gasteiger charge is -2.05. The summed E-state index contributed by atoms with van der Waals surface area (Å²) in [5, 5.41) is 11.0. The summed E-state index contributed by atoms with van der Waals surface area (Å²) < 4.78 is 10.8. The second-order valence-corrected chi connectivity index (χ2v) is 5.86. The van der Waals surface area contributed by atoms with E-state index in [4.69, 9.17) is 9.47 Å². The van der Waals surface area contributed by atoms with Crippen molar-refractivity contribution in [2.45, 2.75) is 0 Å². The Bertz CT molecular complexity index is 936. The van der Waals surface area contributed by atoms with E-state index in [1.807, 2.05) is 0 Å². The molecule has 25 heavy (non-hydrogen) atoms. The fraction of sp³-hybridized carbons (Fsp3) is 0.0588. The fourth-order valence-corrected chi connectivity index (χ4v) is 2.65. The zero-order valence-electron chi connectivity index (χ0n) is 12.9. The molecule has 0 fully saturated rings. The van der Waals surface area contributed by atoms with Crippen LogP contribution in [-0.2, 0) is 9.53 Å². The number of benzene rings is 2. The highest BCUT2D eigenvalue weighted by atomic mass is 79.9. The number of cyclic esters (lactones) is 1. The van der Waals surface area contributed by atoms with Crippen molar-refractivity contribution in [2.24, 2.45) is 4.99 Å². The topological polar surface area (TPSA) is 91.0 Å². The highest BCUT2D eigenvalue weighted by molar-refractivity contribution is 9.10. The lowest BCUT2D eigenvalue weighted by molar-refractivity contribution is -0.385. The van der Waals surface area contributed by atoms with Gasteiger partial charge in [-0.25, -0.2) is 9.79 Å². The number of carbonyl (C=O) groups is 1. The van der Waals surface area contributed by atoms with Crippen LogP contribution in [0, 0.1) is 10.1 Å². The molecule has 0 saturated carbocycles. The van der Waals surface area contributed by atoms with Crippen LogP contribution in [-0.4, -0.2) is 23.9 Å². The minimum Gasteiger partial charge on any atom is -0.496 e. The van der Waals surface area contributed by atoms with Gasteiger partial charge in [0.15, 0.2) is 5.70 Å². The third-order valence-electron chi connectivity index (χ3n) is 3.43. The van der Waals surface area contributed by atoms with Crippen LogP contribution < -0.4 is 4.74 Å². The highest BCUT2D eigenvalue weighted by Crippen LogP contribution is 2.28. The Hall–Kier alpha value is -3.00. The number of rotatable bonds is 4. The fourth-order valence-electron chi connectivity index (χ4n) is 2.26. The molecule has 0 atom stereocenters. The van der Waals surface area contributed by atoms with E-state index in [2.05, 4.69) is 20.9 Å². The van der Waals surface area contributed by atoms with Crippen LogP contribution in [0.1, 0.15) is 11.1 Å². The maximum atomic E-state index is 12.1. The highest BCUT2D eigenvalue weighted by Gasteiger charge is 2.26. The van der Waals surface area contributed by atoms with Crippen LogP contribution in [0.5, 0.6) is 5.75 Å². The standard InChI is InChI=1S/C17H11BrN2O5/c1-24-15-5-3-2-4-11(15)16-19-13(17(21)25-16)8-10-6-7-12(18)14(9-10)20(22)23/h2-9H,1H3/b13-8-. The number of nitro benzene ring substituents is 1. The molecule has 0 saturated heterocycles. The van der Waals surface area contributed by atoms with Crippen molar-refractivity contribution >= 4 is 39.6 Å². The van der Waals surface area contributed by atoms with Gasteiger partial charge in [0, 0.05) is 6.07 Å². The van der Waals surface area contributed by atoms with Gasteiger partial charge in [0.05, 0.1) is 22.1 Å². The first-order chi connectivity index (χ1) is 12.0. The quantitative estimate of drug-likeness (QED) is 0.336. The second kappa shape index (κ2) is 6.86. The maximum Gasteiger partial charge on any atom is 0.363 e. The van der Waals surface area contributed by atoms with E-state index in [0.717, 1.165) is 0 Å². The average molecular weight is 403 g/mol. The zero-order valence-corrected chi connectivity index (χ0v) is 14.5. The molecule has 0 bridgehead atoms. The van der Waals surface area contributed by atoms with E-state index in [0.29, 0.717) is 21.3 Å². The lowest BCUT2D eigenvalue weighted by atomic mass is 10.1. The van der Waals surface area contributed by atoms with Gasteiger partial charge >= 0.3 is 5.97 Å². The Morgan fingerprint density at radius 2 is 2.04 bits per heavy atom. The first kappa shape index (κ1) is 16.8. The number of carbonyl (C=O) groups excluding carboxylic acids is 1. The van der Waals surface area contributed by atoms with Crippen molar-refractivity contribution in [1.29, 1.82) is 0 Å². The van der Waals surface area contributed by atoms with Crippen molar-refractivity contribution in [2.75, 3.05) is 7.11 Å². The van der Waals surface area contributed by atoms with Crippen LogP contribution in [0.15, 0.2) is 57.6 Å². The number of nitro groups is 1. The summed E-state index contributed by atoms with van der Waals surface area (Å²) >= 11 is 3.12. The largest absolute Gasteiger partial charge is 0.496 e. The zero-order chi connectivity index (χ0) is 18.0. The van der Waals surface area contributed by atoms with Crippen LogP contribution >= 0.6 is 15.9 Å². The second-order valence-electron chi connectivity index (χ2n) is 5.00. The number of ether oxygens (including phenoxy) is 2. The molecule has 126 valence electrons. The van der Waals surface area contributed by atoms with Gasteiger partial charge in [0.1, 0.15) is 5.75 Å². The predicted molar refractivity (Wildman–Crippen MR) is 94.4 cm³/mol. The third-order valence-corrected chi connectivity index (χ3v) is 4.10. The first-order valence-electron chi connectivity index (χ1n) is 7.09. The Kier molecular flexibility index (Phi) is 4.62. The Morgan fingerprint density at radius 3 is 2.76 bits per heavy atom. The average Bonchev–Trinajstić information content (AvgIpc) is 2.96. The van der Waals surface area contributed by atoms with E-state index in [-0.39, 0.29) is 17.3 Å². The Labute approximate surface area is 150 Å². The molecule has 2 aromatic carbocycles. The van der Waals surface area contributed by atoms with Crippen LogP contribution in [0.2, 0.25) is 0 Å². The molecule has 3 rings (SSSR count). The lowest BCUT2D eigenvalue weighted by Crippen LogP contribution is -2.06. The van der Waals surface area contributed by atoms with Gasteiger partial charge in [-0.05, 0) is 45.8 Å². The number of esters is 1. The van der Waals surface area contributed by atoms with Gasteiger partial charge in [-0.2, -0.15) is 0 Å². The Morgan fingerprint density at radius 1 is 1.28 bits per heavy atom. The van der Waals surface area contributed by atoms with Crippen LogP contribution in [0.4, 0.5) is 5.69 Å². The molecule has 2 aromatic rings. The molecular formula is C17H11BrN2O5. The summed E-state index contributed by atoms with van der Waals surface area (Å²) in [7, 11) is 1.51. The molecular weight excluding hydrogens is 392 g/mol. The van der Waals surface area contributed by atoms with Gasteiger partial charge in [-0.1, -0.05) is 18.2 Å². The molecule has 1 aliphatic rings. The van der Waals surface area contributed by atoms with Gasteiger partial charge in [-0.15, -0.1) is 0 Å². The summed E-state index contributed by atoms with van der Waals surface area (Å²) in [6.45, 7) is 0. The summed E-state index contributed by atoms with van der Waals surface area (Å²) in [5.74, 6) is 0.0152. The number of nitrogens with zero attached hydrogens (tertiary/aromatic N) is 2. The van der Waals surface area contributed by atoms with E-state index in [1.54, 1.807) is 30.3 Å². The van der Waals surface area contributed by atoms with E-state index in [1.165, 1.54) is 25.3 Å². The van der Waals surface area contributed by atoms with Gasteiger partial charge in [0.25, 0.3) is 5.69 Å². The van der Waals surface area contributed by atoms with Crippen molar-refractivity contribution in [3.63, 3.8) is 0 Å². The minimum absolute atomic E-state index is 0.0533. The summed E-state index contributed by atoms with van der Waals surface area (Å²) in [6, 6.07) is 11.5. The van der Waals surface area contributed by atoms with Gasteiger partial charge in [0.2, 0.25) is 5.90 Å². The molecule has 0 N–H and O–H groups in total. The molecule has 1 aliphatic heterocycles. The number of hydrogen-bond donors (Lipinski definition) is 0. The molecule has 7 nitrogen and oxygen atoms in total. The molecule has 1 heterocycles.